The van der Waals surface area contributed by atoms with Crippen LogP contribution >= 0.6 is 0 Å². The van der Waals surface area contributed by atoms with Crippen LogP contribution in [-0.4, -0.2) is 7.25 Å². The predicted octanol–water partition coefficient (Wildman–Crippen LogP) is 3.15. The molecule has 0 fully saturated rings. The normalized spacial score (nSPS) is 12.4. The van der Waals surface area contributed by atoms with Crippen LogP contribution in [0, 0.1) is 7.14 Å². The van der Waals surface area contributed by atoms with Gasteiger partial charge in [0.2, 0.25) is 0 Å². The first-order valence-electron chi connectivity index (χ1n) is 6.53. The highest BCUT2D eigenvalue weighted by Gasteiger charge is 2.32. The number of benzene rings is 2. The van der Waals surface area contributed by atoms with Crippen molar-refractivity contribution >= 4 is 7.25 Å². The van der Waals surface area contributed by atoms with Gasteiger partial charge in [0.05, 0.1) is 11.1 Å². The van der Waals surface area contributed by atoms with Crippen LogP contribution in [-0.2, 0) is 12.4 Å². The Morgan fingerprint density at radius 1 is 0.538 bits per heavy atom. The molecule has 0 aliphatic heterocycles. The van der Waals surface area contributed by atoms with Gasteiger partial charge < -0.3 is 17.3 Å². The highest BCUT2D eigenvalue weighted by molar-refractivity contribution is 6.50. The third kappa shape index (κ3) is 8.76. The maximum absolute atomic E-state index is 12.4. The summed E-state index contributed by atoms with van der Waals surface area (Å²) >= 11 is -0.805. The van der Waals surface area contributed by atoms with Crippen LogP contribution in [0.25, 0.3) is 0 Å². The van der Waals surface area contributed by atoms with Gasteiger partial charge in [-0.2, -0.15) is 26.3 Å². The van der Waals surface area contributed by atoms with Crippen LogP contribution in [0.4, 0.5) is 43.6 Å². The number of alkyl halides is 6. The van der Waals surface area contributed by atoms with Gasteiger partial charge in [-0.1, -0.05) is 0 Å². The van der Waals surface area contributed by atoms with Gasteiger partial charge in [-0.3, -0.25) is 0 Å². The zero-order valence-corrected chi connectivity index (χ0v) is 14.5. The molecule has 0 spiro atoms. The largest absolute Gasteiger partial charge is 0.673 e. The van der Waals surface area contributed by atoms with Crippen molar-refractivity contribution in [1.82, 2.24) is 0 Å². The Morgan fingerprint density at radius 2 is 0.769 bits per heavy atom. The third-order valence-electron chi connectivity index (χ3n) is 2.56. The zero-order chi connectivity index (χ0) is 20.2. The molecule has 0 aliphatic carbocycles. The molecule has 0 aliphatic rings. The van der Waals surface area contributed by atoms with Crippen molar-refractivity contribution in [3.8, 4) is 0 Å². The van der Waals surface area contributed by atoms with Crippen LogP contribution < -0.4 is 21.2 Å². The Balaban J connectivity index is 0.000000597. The fourth-order valence-electron chi connectivity index (χ4n) is 1.53. The highest BCUT2D eigenvalue weighted by Crippen LogP contribution is 2.29. The van der Waals surface area contributed by atoms with Gasteiger partial charge >= 0.3 is 40.8 Å². The highest BCUT2D eigenvalue weighted by atomic mass is 127. The summed E-state index contributed by atoms with van der Waals surface area (Å²) in [6.07, 6.45) is -8.77. The van der Waals surface area contributed by atoms with E-state index in [0.717, 1.165) is 24.3 Å². The summed E-state index contributed by atoms with van der Waals surface area (Å²) in [7, 11) is -6.00. The van der Waals surface area contributed by atoms with Gasteiger partial charge in [-0.25, -0.2) is 0 Å². The Hall–Kier alpha value is -1.47. The van der Waals surface area contributed by atoms with Gasteiger partial charge in [0.15, 0.2) is 7.14 Å². The minimum atomic E-state index is -6.00. The molecule has 0 N–H and O–H groups in total. The quantitative estimate of drug-likeness (QED) is 0.336. The van der Waals surface area contributed by atoms with E-state index in [9.17, 15) is 43.6 Å². The van der Waals surface area contributed by atoms with Crippen molar-refractivity contribution in [2.24, 2.45) is 0 Å². The van der Waals surface area contributed by atoms with Crippen molar-refractivity contribution in [3.05, 3.63) is 66.8 Å². The minimum Gasteiger partial charge on any atom is -0.418 e. The van der Waals surface area contributed by atoms with Gasteiger partial charge in [0.1, 0.15) is 0 Å². The summed E-state index contributed by atoms with van der Waals surface area (Å²) in [5.74, 6) is 0. The van der Waals surface area contributed by atoms with Gasteiger partial charge in [0, 0.05) is 0 Å². The second kappa shape index (κ2) is 8.48. The van der Waals surface area contributed by atoms with E-state index in [-0.39, 0.29) is 0 Å². The smallest absolute Gasteiger partial charge is 0.418 e. The fraction of sp³-hybridized carbons (Fsp3) is 0.143. The molecule has 2 aromatic rings. The van der Waals surface area contributed by atoms with Gasteiger partial charge in [0.25, 0.3) is 0 Å². The van der Waals surface area contributed by atoms with E-state index in [4.69, 9.17) is 0 Å². The molecule has 0 nitrogen and oxygen atoms in total. The molecule has 0 bridgehead atoms. The van der Waals surface area contributed by atoms with E-state index in [1.165, 1.54) is 24.3 Å². The summed E-state index contributed by atoms with van der Waals surface area (Å²) < 4.78 is 115. The molecule has 0 aromatic heterocycles. The average molecular weight is 504 g/mol. The molecular weight excluding hydrogens is 496 g/mol. The van der Waals surface area contributed by atoms with Crippen LogP contribution in [0.15, 0.2) is 48.5 Å². The van der Waals surface area contributed by atoms with Crippen LogP contribution in [0.1, 0.15) is 11.1 Å². The summed E-state index contributed by atoms with van der Waals surface area (Å²) in [6, 6.07) is 9.42. The SMILES string of the molecule is FC(F)(F)c1ccc([I+]c2ccc(C(F)(F)F)cc2)cc1.F[B-](F)(F)F. The number of halogens is 11. The van der Waals surface area contributed by atoms with Gasteiger partial charge in [-0.05, 0) is 48.5 Å². The average Bonchev–Trinajstić information content (AvgIpc) is 2.45. The first kappa shape index (κ1) is 22.6. The molecule has 26 heavy (non-hydrogen) atoms. The molecule has 12 heteroatoms. The summed E-state index contributed by atoms with van der Waals surface area (Å²) in [5.41, 5.74) is -1.47. The van der Waals surface area contributed by atoms with E-state index < -0.39 is 51.9 Å². The molecular formula is C14H8BF10I. The van der Waals surface area contributed by atoms with Crippen molar-refractivity contribution in [1.29, 1.82) is 0 Å². The molecule has 0 amide bonds. The van der Waals surface area contributed by atoms with Crippen LogP contribution in [0.3, 0.4) is 0 Å². The monoisotopic (exact) mass is 504 g/mol. The predicted molar refractivity (Wildman–Crippen MR) is 70.5 cm³/mol. The van der Waals surface area contributed by atoms with E-state index in [0.29, 0.717) is 7.14 Å². The van der Waals surface area contributed by atoms with Crippen molar-refractivity contribution < 1.29 is 64.8 Å². The van der Waals surface area contributed by atoms with E-state index in [1.807, 2.05) is 0 Å². The van der Waals surface area contributed by atoms with Gasteiger partial charge in [-0.15, -0.1) is 0 Å². The molecule has 144 valence electrons. The standard InChI is InChI=1S/C14H8F6I.BF4/c15-13(16,17)9-1-5-11(6-2-9)21-12-7-3-10(4-8-12)14(18,19)20;2-1(3,4)5/h1-8H;/q+1;-1. The molecule has 0 radical (unpaired) electrons. The van der Waals surface area contributed by atoms with Crippen molar-refractivity contribution in [2.45, 2.75) is 12.4 Å². The lowest BCUT2D eigenvalue weighted by atomic mass is 10.2. The third-order valence-corrected chi connectivity index (χ3v) is 5.25. The second-order valence-electron chi connectivity index (χ2n) is 4.60. The van der Waals surface area contributed by atoms with Crippen molar-refractivity contribution in [3.63, 3.8) is 0 Å². The number of hydrogen-bond acceptors (Lipinski definition) is 0. The Bertz CT molecular complexity index is 625. The van der Waals surface area contributed by atoms with E-state index in [2.05, 4.69) is 0 Å². The first-order valence-corrected chi connectivity index (χ1v) is 8.68. The maximum Gasteiger partial charge on any atom is 0.673 e. The summed E-state index contributed by atoms with van der Waals surface area (Å²) in [6.45, 7) is 0. The Labute approximate surface area is 151 Å². The molecule has 0 atom stereocenters. The molecule has 0 heterocycles. The first-order chi connectivity index (χ1) is 11.7. The molecule has 0 unspecified atom stereocenters. The summed E-state index contributed by atoms with van der Waals surface area (Å²) in [5, 5.41) is 0. The minimum absolute atomic E-state index is 0.710. The topological polar surface area (TPSA) is 0 Å². The lowest BCUT2D eigenvalue weighted by Gasteiger charge is -2.05. The molecule has 2 rings (SSSR count). The molecule has 0 saturated heterocycles. The molecule has 0 saturated carbocycles. The van der Waals surface area contributed by atoms with Crippen molar-refractivity contribution in [2.75, 3.05) is 0 Å². The maximum atomic E-state index is 12.4. The lowest BCUT2D eigenvalue weighted by molar-refractivity contribution is -0.597. The second-order valence-corrected chi connectivity index (χ2v) is 7.63. The Morgan fingerprint density at radius 3 is 0.962 bits per heavy atom. The Kier molecular flexibility index (Phi) is 7.37. The van der Waals surface area contributed by atoms with Crippen LogP contribution in [0.5, 0.6) is 0 Å². The molecule has 2 aromatic carbocycles. The summed E-state index contributed by atoms with van der Waals surface area (Å²) in [4.78, 5) is 0. The lowest BCUT2D eigenvalue weighted by Crippen LogP contribution is -3.61. The van der Waals surface area contributed by atoms with E-state index in [1.54, 1.807) is 0 Å². The van der Waals surface area contributed by atoms with E-state index >= 15 is 0 Å². The number of rotatable bonds is 2. The zero-order valence-electron chi connectivity index (χ0n) is 12.4. The number of hydrogen-bond donors (Lipinski definition) is 0. The fourth-order valence-corrected chi connectivity index (χ4v) is 3.69. The van der Waals surface area contributed by atoms with Crippen LogP contribution in [0.2, 0.25) is 0 Å².